The van der Waals surface area contributed by atoms with E-state index in [1.165, 1.54) is 49.8 Å². The summed E-state index contributed by atoms with van der Waals surface area (Å²) in [5, 5.41) is 2.13. The minimum absolute atomic E-state index is 0.00723. The first-order valence-corrected chi connectivity index (χ1v) is 12.0. The topological polar surface area (TPSA) is 38.8 Å². The fourth-order valence-corrected chi connectivity index (χ4v) is 5.47. The fraction of sp³-hybridized carbons (Fsp3) is 0.950. The summed E-state index contributed by atoms with van der Waals surface area (Å²) >= 11 is 3.55. The molecule has 0 bridgehead atoms. The number of carbonyl (C=O) groups is 1. The molecule has 0 aromatic carbocycles. The highest BCUT2D eigenvalue weighted by Crippen LogP contribution is 2.26. The van der Waals surface area contributed by atoms with Crippen LogP contribution < -0.4 is 5.43 Å². The van der Waals surface area contributed by atoms with E-state index in [4.69, 9.17) is 0 Å². The van der Waals surface area contributed by atoms with Crippen molar-refractivity contribution in [1.29, 1.82) is 0 Å². The normalized spacial score (nSPS) is 30.8. The number of hydrogen-bond donors (Lipinski definition) is 1. The lowest BCUT2D eigenvalue weighted by molar-refractivity contribution is -0.150. The first kappa shape index (κ1) is 23.3. The molecule has 9 heteroatoms. The smallest absolute Gasteiger partial charge is 0.295 e. The molecule has 29 heavy (non-hydrogen) atoms. The molecule has 0 aromatic heterocycles. The van der Waals surface area contributed by atoms with Crippen molar-refractivity contribution < 1.29 is 18.0 Å². The van der Waals surface area contributed by atoms with E-state index >= 15 is 0 Å². The molecule has 0 radical (unpaired) electrons. The van der Waals surface area contributed by atoms with E-state index in [1.807, 2.05) is 0 Å². The van der Waals surface area contributed by atoms with Crippen LogP contribution in [0.25, 0.3) is 0 Å². The average molecular weight is 483 g/mol. The number of rotatable bonds is 3. The first-order chi connectivity index (χ1) is 13.8. The Hall–Kier alpha value is -0.380. The van der Waals surface area contributed by atoms with Gasteiger partial charge in [-0.15, -0.1) is 0 Å². The average Bonchev–Trinajstić information content (AvgIpc) is 2.67. The zero-order chi connectivity index (χ0) is 20.9. The minimum Gasteiger partial charge on any atom is -0.295 e. The molecule has 2 atom stereocenters. The van der Waals surface area contributed by atoms with Crippen LogP contribution >= 0.6 is 15.9 Å². The molecule has 1 saturated carbocycles. The summed E-state index contributed by atoms with van der Waals surface area (Å²) in [7, 11) is 0. The van der Waals surface area contributed by atoms with Crippen molar-refractivity contribution in [2.75, 3.05) is 39.3 Å². The quantitative estimate of drug-likeness (QED) is 0.624. The second-order valence-electron chi connectivity index (χ2n) is 8.73. The van der Waals surface area contributed by atoms with E-state index in [1.54, 1.807) is 0 Å². The Labute approximate surface area is 180 Å². The maximum Gasteiger partial charge on any atom is 0.401 e. The maximum absolute atomic E-state index is 12.7. The van der Waals surface area contributed by atoms with Gasteiger partial charge >= 0.3 is 6.18 Å². The van der Waals surface area contributed by atoms with Crippen molar-refractivity contribution in [3.63, 3.8) is 0 Å². The molecule has 3 rings (SSSR count). The van der Waals surface area contributed by atoms with Crippen LogP contribution in [0.15, 0.2) is 0 Å². The molecule has 3 fully saturated rings. The highest BCUT2D eigenvalue weighted by Gasteiger charge is 2.41. The van der Waals surface area contributed by atoms with Gasteiger partial charge < -0.3 is 0 Å². The molecular weight excluding hydrogens is 449 g/mol. The Morgan fingerprint density at radius 1 is 0.931 bits per heavy atom. The Morgan fingerprint density at radius 2 is 1.48 bits per heavy atom. The van der Waals surface area contributed by atoms with Crippen LogP contribution in [-0.4, -0.2) is 83.1 Å². The summed E-state index contributed by atoms with van der Waals surface area (Å²) in [4.78, 5) is 16.0. The van der Waals surface area contributed by atoms with Gasteiger partial charge in [-0.3, -0.25) is 20.0 Å². The number of alkyl halides is 4. The summed E-state index contributed by atoms with van der Waals surface area (Å²) in [5.74, 6) is -0.0314. The van der Waals surface area contributed by atoms with Crippen LogP contribution in [0, 0.1) is 0 Å². The van der Waals surface area contributed by atoms with Gasteiger partial charge in [-0.2, -0.15) is 13.2 Å². The molecule has 0 spiro atoms. The SMILES string of the molecule is O=C1NN(C2CCCCCCCCC2)CC(N2CCN(CC(F)(F)F)CC2)C1Br. The van der Waals surface area contributed by atoms with Crippen molar-refractivity contribution in [3.05, 3.63) is 0 Å². The zero-order valence-corrected chi connectivity index (χ0v) is 18.7. The molecule has 5 nitrogen and oxygen atoms in total. The van der Waals surface area contributed by atoms with Crippen LogP contribution in [0.2, 0.25) is 0 Å². The molecule has 168 valence electrons. The predicted molar refractivity (Wildman–Crippen MR) is 111 cm³/mol. The first-order valence-electron chi connectivity index (χ1n) is 11.1. The molecule has 0 aromatic rings. The van der Waals surface area contributed by atoms with Crippen LogP contribution in [0.4, 0.5) is 13.2 Å². The Morgan fingerprint density at radius 3 is 2.03 bits per heavy atom. The standard InChI is InChI=1S/C20H34BrF3N4O/c21-18-17(27-12-10-26(11-13-27)15-20(22,23)24)14-28(25-19(18)29)16-8-6-4-2-1-3-5-7-9-16/h16-18H,1-15H2,(H,25,29). The number of halogens is 4. The van der Waals surface area contributed by atoms with Crippen molar-refractivity contribution in [1.82, 2.24) is 20.2 Å². The molecule has 1 N–H and O–H groups in total. The van der Waals surface area contributed by atoms with E-state index in [0.29, 0.717) is 32.2 Å². The fourth-order valence-electron chi connectivity index (χ4n) is 4.87. The van der Waals surface area contributed by atoms with E-state index in [0.717, 1.165) is 19.4 Å². The molecule has 2 saturated heterocycles. The lowest BCUT2D eigenvalue weighted by atomic mass is 9.96. The van der Waals surface area contributed by atoms with Crippen LogP contribution in [-0.2, 0) is 4.79 Å². The highest BCUT2D eigenvalue weighted by atomic mass is 79.9. The molecular formula is C20H34BrF3N4O. The Kier molecular flexibility index (Phi) is 8.65. The summed E-state index contributed by atoms with van der Waals surface area (Å²) in [5.41, 5.74) is 3.09. The van der Waals surface area contributed by atoms with Crippen molar-refractivity contribution in [2.24, 2.45) is 0 Å². The highest BCUT2D eigenvalue weighted by molar-refractivity contribution is 9.10. The maximum atomic E-state index is 12.7. The zero-order valence-electron chi connectivity index (χ0n) is 17.1. The predicted octanol–water partition coefficient (Wildman–Crippen LogP) is 3.54. The Balaban J connectivity index is 1.58. The van der Waals surface area contributed by atoms with Gasteiger partial charge in [0.1, 0.15) is 4.83 Å². The van der Waals surface area contributed by atoms with Crippen molar-refractivity contribution in [2.45, 2.75) is 80.9 Å². The Bertz CT molecular complexity index is 518. The summed E-state index contributed by atoms with van der Waals surface area (Å²) < 4.78 is 38.0. The van der Waals surface area contributed by atoms with Crippen LogP contribution in [0.3, 0.4) is 0 Å². The summed E-state index contributed by atoms with van der Waals surface area (Å²) in [6.45, 7) is 1.79. The number of carbonyl (C=O) groups excluding carboxylic acids is 1. The number of amides is 1. The monoisotopic (exact) mass is 482 g/mol. The molecule has 1 amide bonds. The minimum atomic E-state index is -4.16. The van der Waals surface area contributed by atoms with Crippen molar-refractivity contribution >= 4 is 21.8 Å². The van der Waals surface area contributed by atoms with Crippen molar-refractivity contribution in [3.8, 4) is 0 Å². The van der Waals surface area contributed by atoms with Crippen LogP contribution in [0.5, 0.6) is 0 Å². The number of nitrogens with one attached hydrogen (secondary N) is 1. The van der Waals surface area contributed by atoms with E-state index in [9.17, 15) is 18.0 Å². The van der Waals surface area contributed by atoms with Gasteiger partial charge in [-0.1, -0.05) is 60.9 Å². The summed E-state index contributed by atoms with van der Waals surface area (Å²) in [6.07, 6.45) is 6.86. The van der Waals surface area contributed by atoms with Gasteiger partial charge in [-0.05, 0) is 12.8 Å². The van der Waals surface area contributed by atoms with E-state index < -0.39 is 12.7 Å². The van der Waals surface area contributed by atoms with Gasteiger partial charge in [-0.25, -0.2) is 5.01 Å². The lowest BCUT2D eigenvalue weighted by Crippen LogP contribution is -2.67. The van der Waals surface area contributed by atoms with Gasteiger partial charge in [0.05, 0.1) is 6.54 Å². The van der Waals surface area contributed by atoms with Crippen LogP contribution in [0.1, 0.15) is 57.8 Å². The number of hydrogen-bond acceptors (Lipinski definition) is 4. The molecule has 2 unspecified atom stereocenters. The molecule has 2 aliphatic heterocycles. The number of nitrogens with zero attached hydrogens (tertiary/aromatic N) is 3. The number of piperazine rings is 1. The largest absolute Gasteiger partial charge is 0.401 e. The lowest BCUT2D eigenvalue weighted by Gasteiger charge is -2.47. The van der Waals surface area contributed by atoms with E-state index in [-0.39, 0.29) is 16.8 Å². The second kappa shape index (κ2) is 10.8. The van der Waals surface area contributed by atoms with Gasteiger partial charge in [0, 0.05) is 44.8 Å². The number of hydrazine groups is 1. The third-order valence-electron chi connectivity index (χ3n) is 6.52. The van der Waals surface area contributed by atoms with Gasteiger partial charge in [0.2, 0.25) is 5.91 Å². The van der Waals surface area contributed by atoms with Gasteiger partial charge in [0.15, 0.2) is 0 Å². The van der Waals surface area contributed by atoms with Gasteiger partial charge in [0.25, 0.3) is 0 Å². The second-order valence-corrected chi connectivity index (χ2v) is 9.72. The third kappa shape index (κ3) is 7.08. The third-order valence-corrected chi connectivity index (χ3v) is 7.55. The molecule has 3 aliphatic rings. The van der Waals surface area contributed by atoms with E-state index in [2.05, 4.69) is 31.3 Å². The summed E-state index contributed by atoms with van der Waals surface area (Å²) in [6, 6.07) is 0.346. The molecule has 1 aliphatic carbocycles. The molecule has 2 heterocycles.